The molecule has 0 aliphatic rings. The number of nitrogens with two attached hydrogens (primary N) is 1. The van der Waals surface area contributed by atoms with Crippen molar-refractivity contribution in [2.75, 3.05) is 20.8 Å². The third kappa shape index (κ3) is 3.69. The van der Waals surface area contributed by atoms with Gasteiger partial charge in [-0.3, -0.25) is 0 Å². The van der Waals surface area contributed by atoms with E-state index in [2.05, 4.69) is 12.1 Å². The molecule has 0 bridgehead atoms. The van der Waals surface area contributed by atoms with Gasteiger partial charge in [-0.25, -0.2) is 0 Å². The van der Waals surface area contributed by atoms with Gasteiger partial charge in [0.15, 0.2) is 17.3 Å². The number of nitrogens with zero attached hydrogens (tertiary/aromatic N) is 2. The molecule has 0 atom stereocenters. The van der Waals surface area contributed by atoms with E-state index in [4.69, 9.17) is 25.2 Å². The molecule has 0 saturated carbocycles. The van der Waals surface area contributed by atoms with Crippen molar-refractivity contribution in [2.24, 2.45) is 10.9 Å². The minimum absolute atomic E-state index is 0.0376. The zero-order valence-electron chi connectivity index (χ0n) is 16.3. The lowest BCUT2D eigenvalue weighted by Crippen LogP contribution is -2.14. The Kier molecular flexibility index (Phi) is 5.93. The summed E-state index contributed by atoms with van der Waals surface area (Å²) >= 11 is 0. The van der Waals surface area contributed by atoms with E-state index in [9.17, 15) is 0 Å². The predicted molar refractivity (Wildman–Crippen MR) is 109 cm³/mol. The Balaban J connectivity index is 2.13. The average Bonchev–Trinajstić information content (AvgIpc) is 3.14. The van der Waals surface area contributed by atoms with E-state index in [1.54, 1.807) is 26.4 Å². The summed E-state index contributed by atoms with van der Waals surface area (Å²) in [7, 11) is 3.23. The van der Waals surface area contributed by atoms with Gasteiger partial charge in [-0.05, 0) is 36.8 Å². The molecule has 1 heterocycles. The van der Waals surface area contributed by atoms with Gasteiger partial charge in [0.05, 0.1) is 32.0 Å². The molecule has 0 aliphatic heterocycles. The van der Waals surface area contributed by atoms with Gasteiger partial charge in [-0.15, -0.1) is 0 Å². The van der Waals surface area contributed by atoms with E-state index in [1.165, 1.54) is 0 Å². The maximum absolute atomic E-state index is 8.99. The minimum atomic E-state index is 0.0376. The van der Waals surface area contributed by atoms with E-state index in [0.717, 1.165) is 29.4 Å². The van der Waals surface area contributed by atoms with Crippen LogP contribution >= 0.6 is 0 Å². The van der Waals surface area contributed by atoms with Crippen molar-refractivity contribution >= 4 is 16.7 Å². The quantitative estimate of drug-likeness (QED) is 0.202. The Bertz CT molecular complexity index is 995. The Morgan fingerprint density at radius 1 is 1.07 bits per heavy atom. The number of unbranched alkanes of at least 4 members (excludes halogenated alkanes) is 1. The maximum atomic E-state index is 8.99. The van der Waals surface area contributed by atoms with Gasteiger partial charge in [-0.1, -0.05) is 18.5 Å². The molecule has 0 unspecified atom stereocenters. The number of fused-ring (bicyclic) bond motifs is 1. The standard InChI is InChI=1S/C21H25N3O4/c1-4-5-10-28-18-12-15(21(22)23-25)6-7-16(18)24-9-8-14-11-19(26-2)20(27-3)13-17(14)24/h6-9,11-13,25H,4-5,10H2,1-3H3,(H2,22,23). The van der Waals surface area contributed by atoms with Crippen LogP contribution < -0.4 is 19.9 Å². The molecule has 0 radical (unpaired) electrons. The second kappa shape index (κ2) is 8.56. The summed E-state index contributed by atoms with van der Waals surface area (Å²) in [6, 6.07) is 11.3. The Labute approximate surface area is 163 Å². The second-order valence-corrected chi connectivity index (χ2v) is 6.32. The van der Waals surface area contributed by atoms with Gasteiger partial charge < -0.3 is 29.7 Å². The van der Waals surface area contributed by atoms with Gasteiger partial charge in [-0.2, -0.15) is 0 Å². The highest BCUT2D eigenvalue weighted by atomic mass is 16.5. The Morgan fingerprint density at radius 2 is 1.82 bits per heavy atom. The molecule has 0 fully saturated rings. The Hall–Kier alpha value is -3.35. The van der Waals surface area contributed by atoms with Crippen molar-refractivity contribution in [1.82, 2.24) is 4.57 Å². The van der Waals surface area contributed by atoms with Crippen LogP contribution in [0, 0.1) is 0 Å². The first-order chi connectivity index (χ1) is 13.6. The molecule has 3 N–H and O–H groups in total. The SMILES string of the molecule is CCCCOc1cc(C(N)=NO)ccc1-n1ccc2cc(OC)c(OC)cc21. The third-order valence-corrected chi connectivity index (χ3v) is 4.57. The molecule has 148 valence electrons. The zero-order chi connectivity index (χ0) is 20.1. The van der Waals surface area contributed by atoms with Gasteiger partial charge >= 0.3 is 0 Å². The highest BCUT2D eigenvalue weighted by Gasteiger charge is 2.14. The number of ether oxygens (including phenoxy) is 3. The average molecular weight is 383 g/mol. The summed E-state index contributed by atoms with van der Waals surface area (Å²) in [5, 5.41) is 13.1. The lowest BCUT2D eigenvalue weighted by Gasteiger charge is -2.15. The molecule has 0 aliphatic carbocycles. The number of rotatable bonds is 8. The molecule has 1 aromatic heterocycles. The van der Waals surface area contributed by atoms with Crippen LogP contribution in [0.2, 0.25) is 0 Å². The number of oxime groups is 1. The number of aromatic nitrogens is 1. The van der Waals surface area contributed by atoms with Crippen molar-refractivity contribution < 1.29 is 19.4 Å². The molecule has 7 heteroatoms. The van der Waals surface area contributed by atoms with Crippen LogP contribution in [0.3, 0.4) is 0 Å². The van der Waals surface area contributed by atoms with Crippen molar-refractivity contribution in [1.29, 1.82) is 0 Å². The molecule has 0 saturated heterocycles. The van der Waals surface area contributed by atoms with Crippen molar-refractivity contribution in [3.8, 4) is 22.9 Å². The van der Waals surface area contributed by atoms with E-state index in [0.29, 0.717) is 29.4 Å². The topological polar surface area (TPSA) is 91.2 Å². The molecule has 3 rings (SSSR count). The third-order valence-electron chi connectivity index (χ3n) is 4.57. The van der Waals surface area contributed by atoms with Gasteiger partial charge in [0, 0.05) is 23.2 Å². The molecule has 28 heavy (non-hydrogen) atoms. The number of hydrogen-bond acceptors (Lipinski definition) is 5. The fraction of sp³-hybridized carbons (Fsp3) is 0.286. The van der Waals surface area contributed by atoms with E-state index < -0.39 is 0 Å². The largest absolute Gasteiger partial charge is 0.493 e. The monoisotopic (exact) mass is 383 g/mol. The molecule has 3 aromatic rings. The summed E-state index contributed by atoms with van der Waals surface area (Å²) in [5.41, 5.74) is 8.15. The lowest BCUT2D eigenvalue weighted by atomic mass is 10.1. The molecule has 7 nitrogen and oxygen atoms in total. The Morgan fingerprint density at radius 3 is 2.50 bits per heavy atom. The summed E-state index contributed by atoms with van der Waals surface area (Å²) in [4.78, 5) is 0. The highest BCUT2D eigenvalue weighted by molar-refractivity contribution is 5.98. The van der Waals surface area contributed by atoms with Gasteiger partial charge in [0.2, 0.25) is 0 Å². The van der Waals surface area contributed by atoms with Crippen LogP contribution in [0.5, 0.6) is 17.2 Å². The van der Waals surface area contributed by atoms with Crippen molar-refractivity contribution in [2.45, 2.75) is 19.8 Å². The molecule has 0 amide bonds. The zero-order valence-corrected chi connectivity index (χ0v) is 16.3. The second-order valence-electron chi connectivity index (χ2n) is 6.32. The molecular formula is C21H25N3O4. The normalized spacial score (nSPS) is 11.6. The summed E-state index contributed by atoms with van der Waals surface area (Å²) in [6.07, 6.45) is 3.93. The van der Waals surface area contributed by atoms with Crippen LogP contribution in [0.25, 0.3) is 16.6 Å². The lowest BCUT2D eigenvalue weighted by molar-refractivity contribution is 0.308. The van der Waals surface area contributed by atoms with E-state index in [1.807, 2.05) is 35.0 Å². The first-order valence-electron chi connectivity index (χ1n) is 9.11. The first kappa shape index (κ1) is 19.4. The smallest absolute Gasteiger partial charge is 0.170 e. The van der Waals surface area contributed by atoms with Crippen LogP contribution in [-0.2, 0) is 0 Å². The number of hydrogen-bond donors (Lipinski definition) is 2. The number of methoxy groups -OCH3 is 2. The fourth-order valence-electron chi connectivity index (χ4n) is 3.04. The maximum Gasteiger partial charge on any atom is 0.170 e. The van der Waals surface area contributed by atoms with E-state index >= 15 is 0 Å². The van der Waals surface area contributed by atoms with Crippen LogP contribution in [0.1, 0.15) is 25.3 Å². The van der Waals surface area contributed by atoms with Crippen molar-refractivity contribution in [3.05, 3.63) is 48.2 Å². The van der Waals surface area contributed by atoms with E-state index in [-0.39, 0.29) is 5.84 Å². The predicted octanol–water partition coefficient (Wildman–Crippen LogP) is 3.92. The highest BCUT2D eigenvalue weighted by Crippen LogP contribution is 2.35. The van der Waals surface area contributed by atoms with Crippen molar-refractivity contribution in [3.63, 3.8) is 0 Å². The minimum Gasteiger partial charge on any atom is -0.493 e. The van der Waals surface area contributed by atoms with Crippen LogP contribution in [0.4, 0.5) is 0 Å². The van der Waals surface area contributed by atoms with Gasteiger partial charge in [0.1, 0.15) is 5.75 Å². The first-order valence-corrected chi connectivity index (χ1v) is 9.11. The van der Waals surface area contributed by atoms with Crippen LogP contribution in [0.15, 0.2) is 47.8 Å². The summed E-state index contributed by atoms with van der Waals surface area (Å²) < 4.78 is 18.9. The molecular weight excluding hydrogens is 358 g/mol. The molecule has 0 spiro atoms. The summed E-state index contributed by atoms with van der Waals surface area (Å²) in [5.74, 6) is 2.02. The van der Waals surface area contributed by atoms with Crippen LogP contribution in [-0.4, -0.2) is 36.4 Å². The fourth-order valence-corrected chi connectivity index (χ4v) is 3.04. The number of benzene rings is 2. The van der Waals surface area contributed by atoms with Gasteiger partial charge in [0.25, 0.3) is 0 Å². The molecule has 2 aromatic carbocycles. The number of amidine groups is 1. The summed E-state index contributed by atoms with van der Waals surface area (Å²) in [6.45, 7) is 2.69.